The van der Waals surface area contributed by atoms with E-state index in [1.165, 1.54) is 66.6 Å². The van der Waals surface area contributed by atoms with E-state index in [1.807, 2.05) is 0 Å². The van der Waals surface area contributed by atoms with Crippen LogP contribution in [-0.4, -0.2) is 0 Å². The lowest BCUT2D eigenvalue weighted by Crippen LogP contribution is -1.89. The Bertz CT molecular complexity index is 1430. The molecule has 0 unspecified atom stereocenters. The van der Waals surface area contributed by atoms with Crippen LogP contribution in [0.25, 0.3) is 49.5 Å². The summed E-state index contributed by atoms with van der Waals surface area (Å²) in [5, 5.41) is 8.03. The lowest BCUT2D eigenvalue weighted by atomic mass is 9.89. The van der Waals surface area contributed by atoms with Gasteiger partial charge in [-0.1, -0.05) is 104 Å². The third-order valence-electron chi connectivity index (χ3n) is 6.40. The molecule has 0 amide bonds. The van der Waals surface area contributed by atoms with Crippen LogP contribution in [0.4, 0.5) is 0 Å². The van der Waals surface area contributed by atoms with Crippen molar-refractivity contribution in [2.45, 2.75) is 33.6 Å². The number of hydrogen-bond acceptors (Lipinski definition) is 0. The van der Waals surface area contributed by atoms with Gasteiger partial charge in [0.25, 0.3) is 0 Å². The Morgan fingerprint density at radius 3 is 2.29 bits per heavy atom. The van der Waals surface area contributed by atoms with E-state index in [4.69, 9.17) is 0 Å². The lowest BCUT2D eigenvalue weighted by molar-refractivity contribution is 0.952. The molecular formula is C31H28. The van der Waals surface area contributed by atoms with Gasteiger partial charge in [-0.3, -0.25) is 0 Å². The van der Waals surface area contributed by atoms with E-state index < -0.39 is 0 Å². The van der Waals surface area contributed by atoms with Crippen molar-refractivity contribution < 1.29 is 0 Å². The lowest BCUT2D eigenvalue weighted by Gasteiger charge is -2.15. The van der Waals surface area contributed by atoms with Crippen LogP contribution in [0.3, 0.4) is 0 Å². The number of aryl methyl sites for hydroxylation is 1. The molecule has 0 saturated heterocycles. The molecule has 0 aliphatic rings. The number of allylic oxidation sites excluding steroid dienone is 3. The van der Waals surface area contributed by atoms with Crippen LogP contribution >= 0.6 is 0 Å². The fraction of sp³-hybridized carbons (Fsp3) is 0.161. The second-order valence-corrected chi connectivity index (χ2v) is 8.61. The summed E-state index contributed by atoms with van der Waals surface area (Å²) in [6.07, 6.45) is 9.14. The smallest absolute Gasteiger partial charge is 0.00206 e. The molecule has 0 saturated carbocycles. The van der Waals surface area contributed by atoms with E-state index in [-0.39, 0.29) is 0 Å². The first-order valence-corrected chi connectivity index (χ1v) is 11.3. The van der Waals surface area contributed by atoms with Crippen molar-refractivity contribution in [2.75, 3.05) is 0 Å². The van der Waals surface area contributed by atoms with Crippen molar-refractivity contribution in [1.29, 1.82) is 0 Å². The van der Waals surface area contributed by atoms with Crippen LogP contribution < -0.4 is 0 Å². The number of unbranched alkanes of at least 4 members (excludes halogenated alkanes) is 1. The van der Waals surface area contributed by atoms with Crippen molar-refractivity contribution in [2.24, 2.45) is 0 Å². The van der Waals surface area contributed by atoms with E-state index in [0.29, 0.717) is 0 Å². The first kappa shape index (κ1) is 19.6. The molecule has 152 valence electrons. The van der Waals surface area contributed by atoms with Gasteiger partial charge in [-0.15, -0.1) is 0 Å². The van der Waals surface area contributed by atoms with Crippen molar-refractivity contribution in [3.63, 3.8) is 0 Å². The molecule has 0 heteroatoms. The van der Waals surface area contributed by atoms with Crippen LogP contribution in [0.5, 0.6) is 0 Å². The Morgan fingerprint density at radius 2 is 1.52 bits per heavy atom. The molecule has 0 atom stereocenters. The monoisotopic (exact) mass is 400 g/mol. The second-order valence-electron chi connectivity index (χ2n) is 8.61. The minimum atomic E-state index is 1.14. The molecule has 5 rings (SSSR count). The topological polar surface area (TPSA) is 0 Å². The molecule has 0 aromatic heterocycles. The fourth-order valence-electron chi connectivity index (χ4n) is 4.64. The molecule has 0 nitrogen and oxygen atoms in total. The molecule has 31 heavy (non-hydrogen) atoms. The maximum Gasteiger partial charge on any atom is -0.00206 e. The van der Waals surface area contributed by atoms with Crippen LogP contribution in [0.2, 0.25) is 0 Å². The minimum Gasteiger partial charge on any atom is -0.0816 e. The summed E-state index contributed by atoms with van der Waals surface area (Å²) in [5.74, 6) is 0. The van der Waals surface area contributed by atoms with Crippen LogP contribution in [0.15, 0.2) is 90.5 Å². The summed E-state index contributed by atoms with van der Waals surface area (Å²) >= 11 is 0. The molecule has 0 N–H and O–H groups in total. The quantitative estimate of drug-likeness (QED) is 0.204. The summed E-state index contributed by atoms with van der Waals surface area (Å²) in [6.45, 7) is 6.60. The van der Waals surface area contributed by atoms with Gasteiger partial charge in [-0.2, -0.15) is 0 Å². The number of benzene rings is 5. The normalized spacial score (nSPS) is 12.7. The van der Waals surface area contributed by atoms with Gasteiger partial charge in [0.1, 0.15) is 0 Å². The highest BCUT2D eigenvalue weighted by atomic mass is 14.2. The molecule has 0 heterocycles. The van der Waals surface area contributed by atoms with Crippen LogP contribution in [0, 0.1) is 6.92 Å². The van der Waals surface area contributed by atoms with Crippen LogP contribution in [-0.2, 0) is 0 Å². The maximum atomic E-state index is 2.34. The third-order valence-corrected chi connectivity index (χ3v) is 6.40. The standard InChI is InChI=1S/C31H28/c1-4-5-7-21(2)10-12-26-20-27(13-11-22(26)3)28-18-16-25-15-14-23-8-6-9-24-17-19-29(28)31(25)30(23)24/h6-20H,4-5H2,1-3H3/b12-10-,21-7+. The summed E-state index contributed by atoms with van der Waals surface area (Å²) < 4.78 is 0. The first-order valence-electron chi connectivity index (χ1n) is 11.3. The molecule has 0 spiro atoms. The van der Waals surface area contributed by atoms with Crippen LogP contribution in [0.1, 0.15) is 37.8 Å². The molecule has 5 aromatic carbocycles. The highest BCUT2D eigenvalue weighted by molar-refractivity contribution is 6.25. The minimum absolute atomic E-state index is 1.14. The summed E-state index contributed by atoms with van der Waals surface area (Å²) in [7, 11) is 0. The van der Waals surface area contributed by atoms with Gasteiger partial charge in [0, 0.05) is 0 Å². The predicted molar refractivity (Wildman–Crippen MR) is 138 cm³/mol. The van der Waals surface area contributed by atoms with Gasteiger partial charge in [0.2, 0.25) is 0 Å². The molecule has 0 aliphatic carbocycles. The van der Waals surface area contributed by atoms with Crippen molar-refractivity contribution in [3.8, 4) is 11.1 Å². The van der Waals surface area contributed by atoms with E-state index in [0.717, 1.165) is 6.42 Å². The second kappa shape index (κ2) is 8.04. The van der Waals surface area contributed by atoms with Gasteiger partial charge < -0.3 is 0 Å². The van der Waals surface area contributed by atoms with Crippen molar-refractivity contribution in [3.05, 3.63) is 102 Å². The Balaban J connectivity index is 1.67. The number of rotatable bonds is 5. The zero-order valence-electron chi connectivity index (χ0n) is 18.6. The average Bonchev–Trinajstić information content (AvgIpc) is 2.80. The fourth-order valence-corrected chi connectivity index (χ4v) is 4.64. The van der Waals surface area contributed by atoms with Gasteiger partial charge in [-0.05, 0) is 80.9 Å². The largest absolute Gasteiger partial charge is 0.0816 e. The SMILES string of the molecule is CCC/C=C(C)/C=C\c1cc(-c2ccc3ccc4cccc5ccc2c3c45)ccc1C. The first-order chi connectivity index (χ1) is 15.2. The van der Waals surface area contributed by atoms with E-state index in [2.05, 4.69) is 112 Å². The van der Waals surface area contributed by atoms with E-state index >= 15 is 0 Å². The van der Waals surface area contributed by atoms with Gasteiger partial charge in [0.15, 0.2) is 0 Å². The Hall–Kier alpha value is -3.38. The summed E-state index contributed by atoms with van der Waals surface area (Å²) in [6, 6.07) is 27.1. The van der Waals surface area contributed by atoms with E-state index in [1.54, 1.807) is 0 Å². The molecule has 0 aliphatic heterocycles. The predicted octanol–water partition coefficient (Wildman–Crippen LogP) is 9.32. The molecular weight excluding hydrogens is 372 g/mol. The van der Waals surface area contributed by atoms with E-state index in [9.17, 15) is 0 Å². The Morgan fingerprint density at radius 1 is 0.806 bits per heavy atom. The molecule has 0 radical (unpaired) electrons. The average molecular weight is 401 g/mol. The highest BCUT2D eigenvalue weighted by Crippen LogP contribution is 2.39. The van der Waals surface area contributed by atoms with Gasteiger partial charge in [-0.25, -0.2) is 0 Å². The van der Waals surface area contributed by atoms with Gasteiger partial charge in [0.05, 0.1) is 0 Å². The van der Waals surface area contributed by atoms with Crippen molar-refractivity contribution >= 4 is 38.4 Å². The number of hydrogen-bond donors (Lipinski definition) is 0. The van der Waals surface area contributed by atoms with Crippen molar-refractivity contribution in [1.82, 2.24) is 0 Å². The molecule has 0 fully saturated rings. The summed E-state index contributed by atoms with van der Waals surface area (Å²) in [4.78, 5) is 0. The Labute approximate surface area is 184 Å². The third kappa shape index (κ3) is 3.53. The summed E-state index contributed by atoms with van der Waals surface area (Å²) in [5.41, 5.74) is 6.50. The zero-order chi connectivity index (χ0) is 21.4. The highest BCUT2D eigenvalue weighted by Gasteiger charge is 2.12. The zero-order valence-corrected chi connectivity index (χ0v) is 18.6. The van der Waals surface area contributed by atoms with Gasteiger partial charge >= 0.3 is 0 Å². The molecule has 5 aromatic rings. The molecule has 0 bridgehead atoms. The maximum absolute atomic E-state index is 2.34. The Kier molecular flexibility index (Phi) is 5.08.